The Bertz CT molecular complexity index is 478. The maximum atomic E-state index is 11.5. The van der Waals surface area contributed by atoms with E-state index in [1.54, 1.807) is 11.9 Å². The number of aromatic nitrogens is 2. The minimum Gasteiger partial charge on any atom is -0.344 e. The zero-order valence-electron chi connectivity index (χ0n) is 9.54. The van der Waals surface area contributed by atoms with Crippen molar-refractivity contribution < 1.29 is 13.2 Å². The van der Waals surface area contributed by atoms with Crippen molar-refractivity contribution in [3.63, 3.8) is 0 Å². The molecule has 1 amide bonds. The van der Waals surface area contributed by atoms with Gasteiger partial charge in [-0.15, -0.1) is 0 Å². The highest BCUT2D eigenvalue weighted by Gasteiger charge is 2.12. The molecule has 90 valence electrons. The van der Waals surface area contributed by atoms with Gasteiger partial charge in [0.15, 0.2) is 9.84 Å². The molecule has 0 saturated heterocycles. The first-order valence-electron chi connectivity index (χ1n) is 4.81. The molecule has 6 nitrogen and oxygen atoms in total. The van der Waals surface area contributed by atoms with Crippen molar-refractivity contribution in [2.24, 2.45) is 0 Å². The quantitative estimate of drug-likeness (QED) is 0.734. The molecule has 0 N–H and O–H groups in total. The van der Waals surface area contributed by atoms with Crippen LogP contribution < -0.4 is 0 Å². The summed E-state index contributed by atoms with van der Waals surface area (Å²) in [5.74, 6) is -0.106. The number of likely N-dealkylation sites (N-methyl/N-ethyl adjacent to an activating group) is 1. The number of sulfone groups is 1. The molecule has 1 aromatic rings. The Morgan fingerprint density at radius 3 is 2.62 bits per heavy atom. The highest BCUT2D eigenvalue weighted by Crippen LogP contribution is 2.06. The third-order valence-electron chi connectivity index (χ3n) is 2.24. The van der Waals surface area contributed by atoms with E-state index in [0.717, 1.165) is 6.26 Å². The molecule has 0 aromatic carbocycles. The number of nitrogens with zero attached hydrogens (tertiary/aromatic N) is 3. The standard InChI is InChI=1S/C9H15N3O3S/c1-4-11(2)9(13)7-12-6-8(5-10-12)16(3,14)15/h5-6H,4,7H2,1-3H3. The van der Waals surface area contributed by atoms with E-state index in [0.29, 0.717) is 6.54 Å². The summed E-state index contributed by atoms with van der Waals surface area (Å²) in [6.07, 6.45) is 3.71. The van der Waals surface area contributed by atoms with Crippen LogP contribution in [0.4, 0.5) is 0 Å². The zero-order chi connectivity index (χ0) is 12.3. The van der Waals surface area contributed by atoms with E-state index in [1.165, 1.54) is 17.1 Å². The van der Waals surface area contributed by atoms with Gasteiger partial charge in [0.2, 0.25) is 5.91 Å². The van der Waals surface area contributed by atoms with E-state index < -0.39 is 9.84 Å². The van der Waals surface area contributed by atoms with Crippen molar-refractivity contribution in [1.29, 1.82) is 0 Å². The van der Waals surface area contributed by atoms with Gasteiger partial charge in [-0.05, 0) is 6.92 Å². The molecule has 0 spiro atoms. The number of amides is 1. The van der Waals surface area contributed by atoms with E-state index in [4.69, 9.17) is 0 Å². The molecule has 1 heterocycles. The summed E-state index contributed by atoms with van der Waals surface area (Å²) in [4.78, 5) is 13.2. The monoisotopic (exact) mass is 245 g/mol. The second-order valence-electron chi connectivity index (χ2n) is 3.55. The first kappa shape index (κ1) is 12.7. The summed E-state index contributed by atoms with van der Waals surface area (Å²) < 4.78 is 23.7. The summed E-state index contributed by atoms with van der Waals surface area (Å²) in [5, 5.41) is 3.83. The Kier molecular flexibility index (Phi) is 3.69. The molecule has 0 radical (unpaired) electrons. The summed E-state index contributed by atoms with van der Waals surface area (Å²) in [5.41, 5.74) is 0. The Morgan fingerprint density at radius 2 is 2.19 bits per heavy atom. The lowest BCUT2D eigenvalue weighted by molar-refractivity contribution is -0.130. The van der Waals surface area contributed by atoms with E-state index in [1.807, 2.05) is 6.92 Å². The first-order chi connectivity index (χ1) is 7.34. The number of hydrogen-bond acceptors (Lipinski definition) is 4. The van der Waals surface area contributed by atoms with Crippen LogP contribution >= 0.6 is 0 Å². The van der Waals surface area contributed by atoms with Gasteiger partial charge in [0.05, 0.1) is 6.20 Å². The van der Waals surface area contributed by atoms with Gasteiger partial charge in [-0.3, -0.25) is 9.48 Å². The van der Waals surface area contributed by atoms with Gasteiger partial charge in [-0.25, -0.2) is 8.42 Å². The van der Waals surface area contributed by atoms with Crippen LogP contribution in [0.1, 0.15) is 6.92 Å². The minimum absolute atomic E-state index is 0.0554. The molecule has 0 aliphatic carbocycles. The highest BCUT2D eigenvalue weighted by molar-refractivity contribution is 7.90. The highest BCUT2D eigenvalue weighted by atomic mass is 32.2. The predicted octanol–water partition coefficient (Wildman–Crippen LogP) is -0.235. The molecule has 0 aliphatic rings. The second kappa shape index (κ2) is 4.65. The van der Waals surface area contributed by atoms with E-state index >= 15 is 0 Å². The Morgan fingerprint density at radius 1 is 1.56 bits per heavy atom. The van der Waals surface area contributed by atoms with Gasteiger partial charge in [0.25, 0.3) is 0 Å². The van der Waals surface area contributed by atoms with Crippen molar-refractivity contribution in [3.8, 4) is 0 Å². The normalized spacial score (nSPS) is 11.4. The molecule has 7 heteroatoms. The summed E-state index contributed by atoms with van der Waals surface area (Å²) in [6, 6.07) is 0. The van der Waals surface area contributed by atoms with E-state index in [2.05, 4.69) is 5.10 Å². The molecule has 0 bridgehead atoms. The number of carbonyl (C=O) groups excluding carboxylic acids is 1. The molecule has 1 aromatic heterocycles. The van der Waals surface area contributed by atoms with Crippen LogP contribution in [-0.4, -0.2) is 48.9 Å². The molecule has 0 saturated carbocycles. The molecule has 0 fully saturated rings. The SMILES string of the molecule is CCN(C)C(=O)Cn1cc(S(C)(=O)=O)cn1. The van der Waals surface area contributed by atoms with Crippen LogP contribution in [0.15, 0.2) is 17.3 Å². The smallest absolute Gasteiger partial charge is 0.244 e. The molecular weight excluding hydrogens is 230 g/mol. The van der Waals surface area contributed by atoms with E-state index in [9.17, 15) is 13.2 Å². The van der Waals surface area contributed by atoms with Crippen molar-refractivity contribution in [3.05, 3.63) is 12.4 Å². The van der Waals surface area contributed by atoms with Crippen molar-refractivity contribution >= 4 is 15.7 Å². The summed E-state index contributed by atoms with van der Waals surface area (Å²) in [6.45, 7) is 2.53. The largest absolute Gasteiger partial charge is 0.344 e. The number of hydrogen-bond donors (Lipinski definition) is 0. The van der Waals surface area contributed by atoms with Crippen LogP contribution in [0.25, 0.3) is 0 Å². The van der Waals surface area contributed by atoms with E-state index in [-0.39, 0.29) is 17.3 Å². The zero-order valence-corrected chi connectivity index (χ0v) is 10.4. The predicted molar refractivity (Wildman–Crippen MR) is 58.6 cm³/mol. The average molecular weight is 245 g/mol. The molecule has 1 rings (SSSR count). The Labute approximate surface area is 94.8 Å². The Hall–Kier alpha value is -1.37. The van der Waals surface area contributed by atoms with Crippen LogP contribution in [0.2, 0.25) is 0 Å². The summed E-state index contributed by atoms with van der Waals surface area (Å²) >= 11 is 0. The van der Waals surface area contributed by atoms with Gasteiger partial charge < -0.3 is 4.90 Å². The summed E-state index contributed by atoms with van der Waals surface area (Å²) in [7, 11) is -1.57. The van der Waals surface area contributed by atoms with Crippen molar-refractivity contribution in [2.45, 2.75) is 18.4 Å². The number of rotatable bonds is 4. The molecule has 0 unspecified atom stereocenters. The minimum atomic E-state index is -3.25. The molecule has 16 heavy (non-hydrogen) atoms. The van der Waals surface area contributed by atoms with Crippen LogP contribution in [0.5, 0.6) is 0 Å². The van der Waals surface area contributed by atoms with Gasteiger partial charge in [0, 0.05) is 26.0 Å². The molecule has 0 atom stereocenters. The fraction of sp³-hybridized carbons (Fsp3) is 0.556. The molecular formula is C9H15N3O3S. The van der Waals surface area contributed by atoms with Crippen LogP contribution in [0, 0.1) is 0 Å². The maximum Gasteiger partial charge on any atom is 0.244 e. The average Bonchev–Trinajstić information content (AvgIpc) is 2.64. The van der Waals surface area contributed by atoms with Crippen LogP contribution in [0.3, 0.4) is 0 Å². The van der Waals surface area contributed by atoms with Gasteiger partial charge in [0.1, 0.15) is 11.4 Å². The van der Waals surface area contributed by atoms with Crippen LogP contribution in [-0.2, 0) is 21.2 Å². The fourth-order valence-corrected chi connectivity index (χ4v) is 1.61. The van der Waals surface area contributed by atoms with Gasteiger partial charge in [-0.1, -0.05) is 0 Å². The number of carbonyl (C=O) groups is 1. The fourth-order valence-electron chi connectivity index (χ4n) is 1.06. The second-order valence-corrected chi connectivity index (χ2v) is 5.57. The van der Waals surface area contributed by atoms with Gasteiger partial charge in [-0.2, -0.15) is 5.10 Å². The van der Waals surface area contributed by atoms with Crippen molar-refractivity contribution in [1.82, 2.24) is 14.7 Å². The topological polar surface area (TPSA) is 72.3 Å². The lowest BCUT2D eigenvalue weighted by Crippen LogP contribution is -2.30. The third kappa shape index (κ3) is 3.06. The maximum absolute atomic E-state index is 11.5. The third-order valence-corrected chi connectivity index (χ3v) is 3.30. The molecule has 0 aliphatic heterocycles. The lowest BCUT2D eigenvalue weighted by atomic mass is 10.5. The first-order valence-corrected chi connectivity index (χ1v) is 6.70. The van der Waals surface area contributed by atoms with Gasteiger partial charge >= 0.3 is 0 Å². The van der Waals surface area contributed by atoms with Crippen molar-refractivity contribution in [2.75, 3.05) is 19.8 Å². The Balaban J connectivity index is 2.77. The lowest BCUT2D eigenvalue weighted by Gasteiger charge is -2.13.